The number of piperidine rings is 1. The first-order valence-corrected chi connectivity index (χ1v) is 10.4. The summed E-state index contributed by atoms with van der Waals surface area (Å²) in [5, 5.41) is 0. The highest BCUT2D eigenvalue weighted by molar-refractivity contribution is 5.55. The van der Waals surface area contributed by atoms with E-state index < -0.39 is 0 Å². The van der Waals surface area contributed by atoms with E-state index in [0.29, 0.717) is 5.82 Å². The molecule has 6 nitrogen and oxygen atoms in total. The van der Waals surface area contributed by atoms with Gasteiger partial charge in [-0.3, -0.25) is 9.69 Å². The summed E-state index contributed by atoms with van der Waals surface area (Å²) in [6.45, 7) is 5.02. The van der Waals surface area contributed by atoms with Crippen molar-refractivity contribution in [2.24, 2.45) is 7.05 Å². The van der Waals surface area contributed by atoms with Gasteiger partial charge in [-0.1, -0.05) is 30.3 Å². The number of rotatable bonds is 3. The average molecular weight is 390 g/mol. The highest BCUT2D eigenvalue weighted by atomic mass is 16.1. The molecule has 1 spiro atoms. The van der Waals surface area contributed by atoms with Crippen LogP contribution in [-0.4, -0.2) is 37.5 Å². The Morgan fingerprint density at radius 3 is 2.59 bits per heavy atom. The van der Waals surface area contributed by atoms with Gasteiger partial charge in [-0.05, 0) is 45.7 Å². The molecule has 0 bridgehead atoms. The predicted molar refractivity (Wildman–Crippen MR) is 113 cm³/mol. The molecule has 5 rings (SSSR count). The van der Waals surface area contributed by atoms with Gasteiger partial charge in [0.05, 0.1) is 11.4 Å². The molecule has 1 aliphatic heterocycles. The van der Waals surface area contributed by atoms with Crippen molar-refractivity contribution >= 4 is 0 Å². The molecule has 150 valence electrons. The maximum Gasteiger partial charge on any atom is 0.254 e. The van der Waals surface area contributed by atoms with Gasteiger partial charge in [0.25, 0.3) is 5.56 Å². The number of hydrogen-bond acceptors (Lipinski definition) is 4. The topological polar surface area (TPSA) is 66.8 Å². The van der Waals surface area contributed by atoms with Crippen LogP contribution < -0.4 is 5.56 Å². The van der Waals surface area contributed by atoms with Crippen LogP contribution in [-0.2, 0) is 25.4 Å². The van der Waals surface area contributed by atoms with Gasteiger partial charge >= 0.3 is 0 Å². The minimum Gasteiger partial charge on any atom is -0.334 e. The molecule has 1 aliphatic carbocycles. The van der Waals surface area contributed by atoms with Crippen LogP contribution in [0, 0.1) is 6.92 Å². The summed E-state index contributed by atoms with van der Waals surface area (Å²) in [5.74, 6) is 1.75. The van der Waals surface area contributed by atoms with Crippen molar-refractivity contribution in [1.82, 2.24) is 24.4 Å². The largest absolute Gasteiger partial charge is 0.334 e. The molecule has 1 fully saturated rings. The Labute approximate surface area is 170 Å². The highest BCUT2D eigenvalue weighted by Gasteiger charge is 2.44. The SMILES string of the molecule is Cc1ncc(CN2CCC3(CCc4c3nc(-c3ccccc3)[nH]c4=O)CC2)n1C. The second kappa shape index (κ2) is 6.95. The van der Waals surface area contributed by atoms with Crippen LogP contribution in [0.1, 0.15) is 42.0 Å². The first kappa shape index (κ1) is 18.3. The third-order valence-electron chi connectivity index (χ3n) is 6.93. The number of nitrogens with one attached hydrogen (secondary N) is 1. The Bertz CT molecular complexity index is 1090. The number of aromatic nitrogens is 4. The fourth-order valence-corrected chi connectivity index (χ4v) is 4.93. The van der Waals surface area contributed by atoms with E-state index in [-0.39, 0.29) is 11.0 Å². The number of H-pyrrole nitrogens is 1. The molecular weight excluding hydrogens is 362 g/mol. The summed E-state index contributed by atoms with van der Waals surface area (Å²) in [4.78, 5) is 27.7. The average Bonchev–Trinajstić information content (AvgIpc) is 3.26. The third kappa shape index (κ3) is 3.12. The standard InChI is InChI=1S/C23H27N5O/c1-16-24-14-18(27(16)2)15-28-12-10-23(11-13-28)9-8-19-20(23)25-21(26-22(19)29)17-6-4-3-5-7-17/h3-7,14H,8-13,15H2,1-2H3,(H,25,26,29). The molecule has 0 atom stereocenters. The van der Waals surface area contributed by atoms with Gasteiger partial charge in [0, 0.05) is 36.3 Å². The van der Waals surface area contributed by atoms with E-state index in [1.807, 2.05) is 43.5 Å². The molecule has 2 aliphatic rings. The number of likely N-dealkylation sites (tertiary alicyclic amines) is 1. The van der Waals surface area contributed by atoms with Crippen molar-refractivity contribution in [3.63, 3.8) is 0 Å². The first-order chi connectivity index (χ1) is 14.1. The normalized spacial score (nSPS) is 18.3. The lowest BCUT2D eigenvalue weighted by Crippen LogP contribution is -2.42. The molecule has 6 heteroatoms. The van der Waals surface area contributed by atoms with E-state index in [2.05, 4.69) is 26.5 Å². The molecular formula is C23H27N5O. The molecule has 3 heterocycles. The van der Waals surface area contributed by atoms with Gasteiger partial charge in [0.1, 0.15) is 11.6 Å². The lowest BCUT2D eigenvalue weighted by molar-refractivity contribution is 0.147. The Morgan fingerprint density at radius 2 is 1.90 bits per heavy atom. The molecule has 3 aromatic rings. The number of aromatic amines is 1. The lowest BCUT2D eigenvalue weighted by atomic mass is 9.76. The summed E-state index contributed by atoms with van der Waals surface area (Å²) in [5.41, 5.74) is 4.27. The van der Waals surface area contributed by atoms with Gasteiger partial charge in [-0.15, -0.1) is 0 Å². The van der Waals surface area contributed by atoms with Crippen molar-refractivity contribution in [3.05, 3.63) is 69.7 Å². The number of hydrogen-bond donors (Lipinski definition) is 1. The number of nitrogens with zero attached hydrogens (tertiary/aromatic N) is 4. The highest BCUT2D eigenvalue weighted by Crippen LogP contribution is 2.44. The summed E-state index contributed by atoms with van der Waals surface area (Å²) in [6.07, 6.45) is 5.98. The molecule has 1 N–H and O–H groups in total. The molecule has 29 heavy (non-hydrogen) atoms. The molecule has 0 unspecified atom stereocenters. The zero-order chi connectivity index (χ0) is 20.0. The smallest absolute Gasteiger partial charge is 0.254 e. The Morgan fingerprint density at radius 1 is 1.14 bits per heavy atom. The molecule has 0 radical (unpaired) electrons. The third-order valence-corrected chi connectivity index (χ3v) is 6.93. The molecule has 0 saturated carbocycles. The van der Waals surface area contributed by atoms with Crippen LogP contribution in [0.4, 0.5) is 0 Å². The van der Waals surface area contributed by atoms with Crippen molar-refractivity contribution in [1.29, 1.82) is 0 Å². The minimum atomic E-state index is 0.0403. The monoisotopic (exact) mass is 389 g/mol. The maximum atomic E-state index is 12.8. The zero-order valence-corrected chi connectivity index (χ0v) is 17.1. The quantitative estimate of drug-likeness (QED) is 0.748. The number of imidazole rings is 1. The van der Waals surface area contributed by atoms with E-state index in [1.165, 1.54) is 5.69 Å². The van der Waals surface area contributed by atoms with Crippen molar-refractivity contribution in [3.8, 4) is 11.4 Å². The van der Waals surface area contributed by atoms with Gasteiger partial charge in [0.15, 0.2) is 0 Å². The Kier molecular flexibility index (Phi) is 4.39. The van der Waals surface area contributed by atoms with Crippen LogP contribution in [0.25, 0.3) is 11.4 Å². The Balaban J connectivity index is 1.40. The number of benzene rings is 1. The summed E-state index contributed by atoms with van der Waals surface area (Å²) in [6, 6.07) is 9.96. The fourth-order valence-electron chi connectivity index (χ4n) is 4.93. The zero-order valence-electron chi connectivity index (χ0n) is 17.1. The van der Waals surface area contributed by atoms with Gasteiger partial charge < -0.3 is 9.55 Å². The van der Waals surface area contributed by atoms with Crippen LogP contribution in [0.5, 0.6) is 0 Å². The fraction of sp³-hybridized carbons (Fsp3) is 0.435. The molecule has 1 saturated heterocycles. The van der Waals surface area contributed by atoms with E-state index in [9.17, 15) is 4.79 Å². The van der Waals surface area contributed by atoms with Crippen molar-refractivity contribution in [2.75, 3.05) is 13.1 Å². The van der Waals surface area contributed by atoms with Crippen LogP contribution in [0.15, 0.2) is 41.3 Å². The van der Waals surface area contributed by atoms with Crippen molar-refractivity contribution < 1.29 is 0 Å². The van der Waals surface area contributed by atoms with Crippen LogP contribution in [0.2, 0.25) is 0 Å². The van der Waals surface area contributed by atoms with Crippen molar-refractivity contribution in [2.45, 2.75) is 44.6 Å². The minimum absolute atomic E-state index is 0.0403. The van der Waals surface area contributed by atoms with Crippen LogP contribution >= 0.6 is 0 Å². The van der Waals surface area contributed by atoms with E-state index >= 15 is 0 Å². The van der Waals surface area contributed by atoms with E-state index in [4.69, 9.17) is 4.98 Å². The first-order valence-electron chi connectivity index (χ1n) is 10.4. The second-order valence-corrected chi connectivity index (χ2v) is 8.52. The van der Waals surface area contributed by atoms with Gasteiger partial charge in [-0.2, -0.15) is 0 Å². The van der Waals surface area contributed by atoms with Gasteiger partial charge in [-0.25, -0.2) is 9.97 Å². The number of fused-ring (bicyclic) bond motifs is 2. The molecule has 0 amide bonds. The van der Waals surface area contributed by atoms with E-state index in [0.717, 1.165) is 68.0 Å². The number of aryl methyl sites for hydroxylation is 1. The second-order valence-electron chi connectivity index (χ2n) is 8.52. The molecule has 1 aromatic carbocycles. The lowest BCUT2D eigenvalue weighted by Gasteiger charge is -2.39. The maximum absolute atomic E-state index is 12.8. The predicted octanol–water partition coefficient (Wildman–Crippen LogP) is 2.96. The summed E-state index contributed by atoms with van der Waals surface area (Å²) in [7, 11) is 2.08. The van der Waals surface area contributed by atoms with E-state index in [1.54, 1.807) is 0 Å². The summed E-state index contributed by atoms with van der Waals surface area (Å²) < 4.78 is 2.17. The van der Waals surface area contributed by atoms with Crippen LogP contribution in [0.3, 0.4) is 0 Å². The molecule has 2 aromatic heterocycles. The Hall–Kier alpha value is -2.73. The summed E-state index contributed by atoms with van der Waals surface area (Å²) >= 11 is 0. The van der Waals surface area contributed by atoms with Gasteiger partial charge in [0.2, 0.25) is 0 Å².